The molecule has 0 unspecified atom stereocenters. The van der Waals surface area contributed by atoms with Crippen LogP contribution in [0.3, 0.4) is 0 Å². The molecule has 0 atom stereocenters. The summed E-state index contributed by atoms with van der Waals surface area (Å²) < 4.78 is 51.7. The molecule has 2 aromatic carbocycles. The molecule has 1 aromatic heterocycles. The molecule has 7 nitrogen and oxygen atoms in total. The second-order valence-electron chi connectivity index (χ2n) is 7.63. The van der Waals surface area contributed by atoms with Crippen molar-refractivity contribution >= 4 is 12.2 Å². The molecule has 0 aliphatic carbocycles. The smallest absolute Gasteiger partial charge is 0.573 e. The first-order valence-electron chi connectivity index (χ1n) is 10.9. The molecule has 0 radical (unpaired) electrons. The molecule has 2 heterocycles. The lowest BCUT2D eigenvalue weighted by molar-refractivity contribution is -0.274. The lowest BCUT2D eigenvalue weighted by Gasteiger charge is -2.08. The highest BCUT2D eigenvalue weighted by Crippen LogP contribution is 2.23. The van der Waals surface area contributed by atoms with Crippen LogP contribution in [0.15, 0.2) is 75.7 Å². The SMILES string of the molecule is FC(F)(F)Oc1ccc(C=Cc2nc(COc3ccc(CCCCN4C=[C+]N=N4)cc3)co2)cc1.[Cl-]. The van der Waals surface area contributed by atoms with E-state index in [4.69, 9.17) is 9.15 Å². The van der Waals surface area contributed by atoms with Crippen molar-refractivity contribution in [3.63, 3.8) is 0 Å². The van der Waals surface area contributed by atoms with Gasteiger partial charge in [-0.05, 0) is 66.0 Å². The standard InChI is InChI=1S/C25H22F3N4O3.ClH/c26-25(27,28)35-23-11-6-20(7-12-23)8-13-24-30-21(18-34-24)17-33-22-9-4-19(5-10-22)3-1-2-15-32-16-14-29-31-32;/h4-13,16,18H,1-3,15,17H2;1H/q+1;/p-1. The van der Waals surface area contributed by atoms with Gasteiger partial charge in [0.25, 0.3) is 0 Å². The van der Waals surface area contributed by atoms with Gasteiger partial charge in [0.05, 0.1) is 0 Å². The molecular weight excluding hydrogens is 497 g/mol. The van der Waals surface area contributed by atoms with Crippen molar-refractivity contribution in [3.8, 4) is 11.5 Å². The van der Waals surface area contributed by atoms with Crippen molar-refractivity contribution in [1.82, 2.24) is 9.99 Å². The third-order valence-electron chi connectivity index (χ3n) is 4.94. The summed E-state index contributed by atoms with van der Waals surface area (Å²) in [5.74, 6) is 0.812. The van der Waals surface area contributed by atoms with Crippen LogP contribution in [0.2, 0.25) is 0 Å². The molecule has 0 saturated carbocycles. The molecule has 1 aliphatic heterocycles. The number of nitrogens with zero attached hydrogens (tertiary/aromatic N) is 4. The van der Waals surface area contributed by atoms with Gasteiger partial charge in [0.2, 0.25) is 5.89 Å². The fraction of sp³-hybridized carbons (Fsp3) is 0.240. The van der Waals surface area contributed by atoms with E-state index in [1.807, 2.05) is 24.3 Å². The largest absolute Gasteiger partial charge is 1.00 e. The highest BCUT2D eigenvalue weighted by molar-refractivity contribution is 5.66. The van der Waals surface area contributed by atoms with Gasteiger partial charge in [0.1, 0.15) is 35.2 Å². The van der Waals surface area contributed by atoms with Crippen LogP contribution in [0, 0.1) is 6.20 Å². The molecule has 0 spiro atoms. The monoisotopic (exact) mass is 518 g/mol. The molecule has 4 rings (SSSR count). The van der Waals surface area contributed by atoms with E-state index in [1.54, 1.807) is 23.4 Å². The quantitative estimate of drug-likeness (QED) is 0.286. The van der Waals surface area contributed by atoms with Gasteiger partial charge < -0.3 is 26.3 Å². The summed E-state index contributed by atoms with van der Waals surface area (Å²) in [7, 11) is 0. The number of aromatic nitrogens is 1. The number of hydrogen-bond donors (Lipinski definition) is 0. The number of aryl methyl sites for hydroxylation is 1. The van der Waals surface area contributed by atoms with Gasteiger partial charge in [-0.25, -0.2) is 9.99 Å². The van der Waals surface area contributed by atoms with Crippen molar-refractivity contribution in [2.75, 3.05) is 6.54 Å². The first kappa shape index (κ1) is 26.7. The number of rotatable bonds is 11. The Hall–Kier alpha value is -3.88. The maximum absolute atomic E-state index is 12.2. The van der Waals surface area contributed by atoms with E-state index >= 15 is 0 Å². The summed E-state index contributed by atoms with van der Waals surface area (Å²) >= 11 is 0. The second kappa shape index (κ2) is 12.7. The minimum Gasteiger partial charge on any atom is -1.00 e. The predicted molar refractivity (Wildman–Crippen MR) is 122 cm³/mol. The van der Waals surface area contributed by atoms with E-state index < -0.39 is 6.36 Å². The number of ether oxygens (including phenoxy) is 2. The van der Waals surface area contributed by atoms with Gasteiger partial charge in [0, 0.05) is 12.6 Å². The number of hydrogen-bond acceptors (Lipinski definition) is 7. The molecule has 188 valence electrons. The van der Waals surface area contributed by atoms with Crippen molar-refractivity contribution in [3.05, 3.63) is 89.9 Å². The van der Waals surface area contributed by atoms with E-state index in [9.17, 15) is 13.2 Å². The van der Waals surface area contributed by atoms with Crippen LogP contribution in [0.5, 0.6) is 11.5 Å². The van der Waals surface area contributed by atoms with E-state index in [-0.39, 0.29) is 24.8 Å². The molecule has 11 heteroatoms. The summed E-state index contributed by atoms with van der Waals surface area (Å²) in [6.45, 7) is 1.07. The molecule has 0 fully saturated rings. The van der Waals surface area contributed by atoms with Gasteiger partial charge in [-0.1, -0.05) is 24.3 Å². The molecular formula is C25H22ClF3N4O3. The summed E-state index contributed by atoms with van der Waals surface area (Å²) in [6, 6.07) is 13.4. The average molecular weight is 519 g/mol. The van der Waals surface area contributed by atoms with Gasteiger partial charge >= 0.3 is 18.8 Å². The van der Waals surface area contributed by atoms with Crippen molar-refractivity contribution in [2.45, 2.75) is 32.2 Å². The molecule has 0 saturated heterocycles. The maximum atomic E-state index is 12.2. The van der Waals surface area contributed by atoms with Crippen LogP contribution in [0.4, 0.5) is 13.2 Å². The van der Waals surface area contributed by atoms with E-state index in [0.717, 1.165) is 31.6 Å². The van der Waals surface area contributed by atoms with Crippen LogP contribution >= 0.6 is 0 Å². The molecule has 0 N–H and O–H groups in total. The number of benzene rings is 2. The molecule has 1 aliphatic rings. The Bertz CT molecular complexity index is 1160. The van der Waals surface area contributed by atoms with Crippen LogP contribution in [0.1, 0.15) is 35.6 Å². The Labute approximate surface area is 212 Å². The number of unbranched alkanes of at least 4 members (excludes halogenated alkanes) is 1. The third kappa shape index (κ3) is 8.72. The van der Waals surface area contributed by atoms with E-state index in [0.29, 0.717) is 17.1 Å². The van der Waals surface area contributed by atoms with Crippen LogP contribution in [-0.2, 0) is 13.0 Å². The molecule has 0 amide bonds. The normalized spacial score (nSPS) is 12.6. The Balaban J connectivity index is 0.00000361. The van der Waals surface area contributed by atoms with Crippen LogP contribution in [-0.4, -0.2) is 22.9 Å². The van der Waals surface area contributed by atoms with Crippen LogP contribution in [0.25, 0.3) is 12.2 Å². The fourth-order valence-electron chi connectivity index (χ4n) is 3.24. The number of alkyl halides is 3. The zero-order valence-corrected chi connectivity index (χ0v) is 19.7. The number of oxazole rings is 1. The Kier molecular flexibility index (Phi) is 9.44. The highest BCUT2D eigenvalue weighted by atomic mass is 35.5. The molecule has 3 aromatic rings. The topological polar surface area (TPSA) is 72.5 Å². The Morgan fingerprint density at radius 3 is 2.42 bits per heavy atom. The number of halogens is 4. The first-order chi connectivity index (χ1) is 16.9. The molecule has 0 bridgehead atoms. The highest BCUT2D eigenvalue weighted by Gasteiger charge is 2.30. The second-order valence-corrected chi connectivity index (χ2v) is 7.63. The zero-order valence-electron chi connectivity index (χ0n) is 19.0. The Morgan fingerprint density at radius 1 is 0.972 bits per heavy atom. The van der Waals surface area contributed by atoms with E-state index in [1.165, 1.54) is 36.1 Å². The average Bonchev–Trinajstić information content (AvgIpc) is 3.52. The van der Waals surface area contributed by atoms with Gasteiger partial charge in [-0.2, -0.15) is 0 Å². The summed E-state index contributed by atoms with van der Waals surface area (Å²) in [6.07, 6.45) is 7.53. The maximum Gasteiger partial charge on any atom is 0.573 e. The van der Waals surface area contributed by atoms with Gasteiger partial charge in [-0.3, -0.25) is 0 Å². The Morgan fingerprint density at radius 2 is 1.72 bits per heavy atom. The predicted octanol–water partition coefficient (Wildman–Crippen LogP) is 3.61. The lowest BCUT2D eigenvalue weighted by Crippen LogP contribution is -3.00. The fourth-order valence-corrected chi connectivity index (χ4v) is 3.24. The minimum atomic E-state index is -4.71. The van der Waals surface area contributed by atoms with Crippen molar-refractivity contribution in [2.24, 2.45) is 10.3 Å². The summed E-state index contributed by atoms with van der Waals surface area (Å²) in [5, 5.41) is 9.34. The molecule has 36 heavy (non-hydrogen) atoms. The van der Waals surface area contributed by atoms with Gasteiger partial charge in [-0.15, -0.1) is 13.2 Å². The first-order valence-corrected chi connectivity index (χ1v) is 10.9. The van der Waals surface area contributed by atoms with Crippen LogP contribution < -0.4 is 21.9 Å². The van der Waals surface area contributed by atoms with Crippen molar-refractivity contribution in [1.29, 1.82) is 0 Å². The lowest BCUT2D eigenvalue weighted by atomic mass is 10.1. The minimum absolute atomic E-state index is 0. The zero-order chi connectivity index (χ0) is 24.5. The summed E-state index contributed by atoms with van der Waals surface area (Å²) in [4.78, 5) is 4.33. The van der Waals surface area contributed by atoms with E-state index in [2.05, 4.69) is 26.3 Å². The third-order valence-corrected chi connectivity index (χ3v) is 4.94. The van der Waals surface area contributed by atoms with Gasteiger partial charge in [0.15, 0.2) is 0 Å². The summed E-state index contributed by atoms with van der Waals surface area (Å²) in [5.41, 5.74) is 2.52. The van der Waals surface area contributed by atoms with Crippen molar-refractivity contribution < 1.29 is 39.5 Å².